The Kier molecular flexibility index (Phi) is 3.47. The van der Waals surface area contributed by atoms with Crippen LogP contribution in [0, 0.1) is 20.8 Å². The molecule has 0 unspecified atom stereocenters. The fourth-order valence-electron chi connectivity index (χ4n) is 2.94. The minimum Gasteiger partial charge on any atom is -0.347 e. The Morgan fingerprint density at radius 2 is 1.83 bits per heavy atom. The number of carbonyl (C=O) groups excluding carboxylic acids is 1. The summed E-state index contributed by atoms with van der Waals surface area (Å²) in [4.78, 5) is 26.2. The number of likely N-dealkylation sites (N-methyl/N-ethyl adjacent to an activating group) is 1. The van der Waals surface area contributed by atoms with Gasteiger partial charge in [0.1, 0.15) is 6.54 Å². The van der Waals surface area contributed by atoms with Gasteiger partial charge in [0, 0.05) is 14.1 Å². The highest BCUT2D eigenvalue weighted by Gasteiger charge is 2.16. The van der Waals surface area contributed by atoms with Crippen LogP contribution in [0.3, 0.4) is 0 Å². The summed E-state index contributed by atoms with van der Waals surface area (Å²) in [7, 11) is 3.33. The van der Waals surface area contributed by atoms with Crippen molar-refractivity contribution in [3.63, 3.8) is 0 Å². The predicted octanol–water partition coefficient (Wildman–Crippen LogP) is 1.66. The number of pyridine rings is 1. The Morgan fingerprint density at radius 1 is 1.13 bits per heavy atom. The number of aryl methyl sites for hydroxylation is 3. The van der Waals surface area contributed by atoms with Gasteiger partial charge in [-0.1, -0.05) is 11.6 Å². The van der Waals surface area contributed by atoms with Crippen molar-refractivity contribution in [3.8, 4) is 0 Å². The van der Waals surface area contributed by atoms with E-state index in [9.17, 15) is 9.59 Å². The molecular formula is C17H20N4O2. The Morgan fingerprint density at radius 3 is 2.48 bits per heavy atom. The molecule has 1 amide bonds. The van der Waals surface area contributed by atoms with Crippen LogP contribution >= 0.6 is 0 Å². The van der Waals surface area contributed by atoms with E-state index < -0.39 is 0 Å². The van der Waals surface area contributed by atoms with E-state index in [1.807, 2.05) is 32.9 Å². The van der Waals surface area contributed by atoms with Gasteiger partial charge in [0.05, 0.1) is 5.52 Å². The third-order valence-corrected chi connectivity index (χ3v) is 4.05. The Labute approximate surface area is 133 Å². The van der Waals surface area contributed by atoms with E-state index in [4.69, 9.17) is 0 Å². The first kappa shape index (κ1) is 15.3. The molecule has 1 aromatic carbocycles. The maximum Gasteiger partial charge on any atom is 0.351 e. The summed E-state index contributed by atoms with van der Waals surface area (Å²) in [5.74, 6) is -0.162. The first-order valence-corrected chi connectivity index (χ1v) is 7.50. The molecule has 0 aliphatic heterocycles. The summed E-state index contributed by atoms with van der Waals surface area (Å²) in [5.41, 5.74) is 4.25. The van der Waals surface area contributed by atoms with Crippen LogP contribution in [0.4, 0.5) is 0 Å². The molecule has 0 aliphatic rings. The van der Waals surface area contributed by atoms with Gasteiger partial charge in [-0.3, -0.25) is 4.79 Å². The number of hydrogen-bond acceptors (Lipinski definition) is 3. The van der Waals surface area contributed by atoms with Crippen molar-refractivity contribution in [1.82, 2.24) is 19.1 Å². The number of amides is 1. The molecule has 0 saturated carbocycles. The highest BCUT2D eigenvalue weighted by Crippen LogP contribution is 2.23. The number of hydrogen-bond donors (Lipinski definition) is 0. The molecule has 2 aromatic heterocycles. The van der Waals surface area contributed by atoms with Crippen molar-refractivity contribution in [1.29, 1.82) is 0 Å². The quantitative estimate of drug-likeness (QED) is 0.723. The Hall–Kier alpha value is -2.63. The van der Waals surface area contributed by atoms with E-state index in [-0.39, 0.29) is 18.1 Å². The second-order valence-corrected chi connectivity index (χ2v) is 6.23. The highest BCUT2D eigenvalue weighted by molar-refractivity contribution is 5.86. The third-order valence-electron chi connectivity index (χ3n) is 4.05. The third kappa shape index (κ3) is 2.40. The highest BCUT2D eigenvalue weighted by atomic mass is 16.2. The molecule has 0 N–H and O–H groups in total. The normalized spacial score (nSPS) is 11.3. The molecule has 0 radical (unpaired) electrons. The summed E-state index contributed by atoms with van der Waals surface area (Å²) < 4.78 is 2.85. The fourth-order valence-corrected chi connectivity index (χ4v) is 2.94. The number of fused-ring (bicyclic) bond motifs is 3. The van der Waals surface area contributed by atoms with Gasteiger partial charge >= 0.3 is 5.69 Å². The van der Waals surface area contributed by atoms with Gasteiger partial charge in [0.2, 0.25) is 5.91 Å². The SMILES string of the molecule is Cc1cc(C)c2c(c1)cc(C)c1nn(CC(=O)N(C)C)c(=O)n12. The largest absolute Gasteiger partial charge is 0.351 e. The maximum absolute atomic E-state index is 12.8. The summed E-state index contributed by atoms with van der Waals surface area (Å²) in [6.07, 6.45) is 0. The van der Waals surface area contributed by atoms with Gasteiger partial charge < -0.3 is 4.90 Å². The topological polar surface area (TPSA) is 59.6 Å². The van der Waals surface area contributed by atoms with Crippen molar-refractivity contribution in [2.75, 3.05) is 14.1 Å². The molecule has 0 saturated heterocycles. The van der Waals surface area contributed by atoms with Crippen LogP contribution in [-0.4, -0.2) is 39.1 Å². The van der Waals surface area contributed by atoms with Crippen LogP contribution in [0.25, 0.3) is 16.6 Å². The molecule has 6 heteroatoms. The van der Waals surface area contributed by atoms with Crippen LogP contribution in [0.15, 0.2) is 23.0 Å². The minimum atomic E-state index is -0.282. The molecule has 3 aromatic rings. The van der Waals surface area contributed by atoms with E-state index in [1.165, 1.54) is 9.58 Å². The lowest BCUT2D eigenvalue weighted by Crippen LogP contribution is -2.32. The molecule has 0 bridgehead atoms. The molecule has 3 rings (SSSR count). The molecule has 0 spiro atoms. The monoisotopic (exact) mass is 312 g/mol. The predicted molar refractivity (Wildman–Crippen MR) is 89.9 cm³/mol. The van der Waals surface area contributed by atoms with E-state index in [0.717, 1.165) is 27.6 Å². The zero-order valence-corrected chi connectivity index (χ0v) is 14.0. The maximum atomic E-state index is 12.8. The van der Waals surface area contributed by atoms with Crippen LogP contribution < -0.4 is 5.69 Å². The number of aromatic nitrogens is 3. The van der Waals surface area contributed by atoms with Crippen molar-refractivity contribution < 1.29 is 4.79 Å². The van der Waals surface area contributed by atoms with Gasteiger partial charge in [-0.2, -0.15) is 0 Å². The van der Waals surface area contributed by atoms with E-state index in [0.29, 0.717) is 5.65 Å². The molecule has 0 atom stereocenters. The van der Waals surface area contributed by atoms with Crippen molar-refractivity contribution in [2.45, 2.75) is 27.3 Å². The van der Waals surface area contributed by atoms with Crippen molar-refractivity contribution in [3.05, 3.63) is 45.4 Å². The van der Waals surface area contributed by atoms with E-state index in [1.54, 1.807) is 18.5 Å². The molecule has 2 heterocycles. The second-order valence-electron chi connectivity index (χ2n) is 6.23. The number of nitrogens with zero attached hydrogens (tertiary/aromatic N) is 4. The number of benzene rings is 1. The lowest BCUT2D eigenvalue weighted by molar-refractivity contribution is -0.129. The number of carbonyl (C=O) groups is 1. The number of rotatable bonds is 2. The van der Waals surface area contributed by atoms with Crippen LogP contribution in [-0.2, 0) is 11.3 Å². The molecule has 120 valence electrons. The summed E-state index contributed by atoms with van der Waals surface area (Å²) in [5, 5.41) is 5.37. The molecular weight excluding hydrogens is 292 g/mol. The van der Waals surface area contributed by atoms with Gasteiger partial charge in [-0.05, 0) is 49.4 Å². The Balaban J connectivity index is 2.36. The van der Waals surface area contributed by atoms with Crippen LogP contribution in [0.2, 0.25) is 0 Å². The summed E-state index contributed by atoms with van der Waals surface area (Å²) >= 11 is 0. The summed E-state index contributed by atoms with van der Waals surface area (Å²) in [6, 6.07) is 6.14. The average Bonchev–Trinajstić information content (AvgIpc) is 2.76. The standard InChI is InChI=1S/C17H20N4O2/c1-10-6-11(2)15-13(7-10)8-12(3)16-18-20(17(23)21(15)16)9-14(22)19(4)5/h6-8H,9H2,1-5H3. The molecule has 6 nitrogen and oxygen atoms in total. The van der Waals surface area contributed by atoms with Gasteiger partial charge in [-0.25, -0.2) is 13.9 Å². The first-order valence-electron chi connectivity index (χ1n) is 7.50. The van der Waals surface area contributed by atoms with E-state index >= 15 is 0 Å². The van der Waals surface area contributed by atoms with Crippen molar-refractivity contribution >= 4 is 22.5 Å². The van der Waals surface area contributed by atoms with Gasteiger partial charge in [-0.15, -0.1) is 5.10 Å². The summed E-state index contributed by atoms with van der Waals surface area (Å²) in [6.45, 7) is 5.89. The zero-order chi connectivity index (χ0) is 16.9. The first-order chi connectivity index (χ1) is 10.8. The van der Waals surface area contributed by atoms with Crippen LogP contribution in [0.5, 0.6) is 0 Å². The van der Waals surface area contributed by atoms with Gasteiger partial charge in [0.25, 0.3) is 0 Å². The fraction of sp³-hybridized carbons (Fsp3) is 0.353. The molecule has 23 heavy (non-hydrogen) atoms. The Bertz CT molecular complexity index is 995. The van der Waals surface area contributed by atoms with E-state index in [2.05, 4.69) is 11.2 Å². The smallest absolute Gasteiger partial charge is 0.347 e. The lowest BCUT2D eigenvalue weighted by atomic mass is 10.1. The van der Waals surface area contributed by atoms with Crippen LogP contribution in [0.1, 0.15) is 16.7 Å². The molecule has 0 aliphatic carbocycles. The minimum absolute atomic E-state index is 0.0562. The second kappa shape index (κ2) is 5.22. The van der Waals surface area contributed by atoms with Gasteiger partial charge in [0.15, 0.2) is 5.65 Å². The zero-order valence-electron chi connectivity index (χ0n) is 14.0. The average molecular weight is 312 g/mol. The van der Waals surface area contributed by atoms with Crippen molar-refractivity contribution in [2.24, 2.45) is 0 Å². The lowest BCUT2D eigenvalue weighted by Gasteiger charge is -2.08. The molecule has 0 fully saturated rings.